The number of fused-ring (bicyclic) bond motifs is 1. The fraction of sp³-hybridized carbons (Fsp3) is 0.550. The number of aromatic nitrogens is 5. The summed E-state index contributed by atoms with van der Waals surface area (Å²) in [5.74, 6) is 0.484. The van der Waals surface area contributed by atoms with E-state index in [0.29, 0.717) is 34.7 Å². The zero-order valence-corrected chi connectivity index (χ0v) is 18.1. The van der Waals surface area contributed by atoms with Crippen LogP contribution in [0.2, 0.25) is 0 Å². The van der Waals surface area contributed by atoms with E-state index in [1.807, 2.05) is 18.4 Å². The average molecular weight is 415 g/mol. The molecule has 1 unspecified atom stereocenters. The Hall–Kier alpha value is -3.01. The molecule has 1 atom stereocenters. The molecule has 3 heterocycles. The summed E-state index contributed by atoms with van der Waals surface area (Å²) in [5.41, 5.74) is 7.96. The first-order valence-electron chi connectivity index (χ1n) is 10.5. The maximum absolute atomic E-state index is 13.0. The molecule has 0 aliphatic rings. The zero-order chi connectivity index (χ0) is 21.7. The minimum absolute atomic E-state index is 0.0520. The zero-order valence-electron chi connectivity index (χ0n) is 18.1. The molecule has 0 spiro atoms. The van der Waals surface area contributed by atoms with Crippen LogP contribution >= 0.6 is 0 Å². The summed E-state index contributed by atoms with van der Waals surface area (Å²) < 4.78 is 6.60. The van der Waals surface area contributed by atoms with Crippen LogP contribution in [0.25, 0.3) is 22.6 Å². The van der Waals surface area contributed by atoms with Crippen molar-refractivity contribution in [2.75, 3.05) is 25.4 Å². The molecule has 30 heavy (non-hydrogen) atoms. The molecule has 1 amide bonds. The molecule has 3 aromatic rings. The number of amides is 1. The van der Waals surface area contributed by atoms with Crippen LogP contribution in [0.15, 0.2) is 17.0 Å². The van der Waals surface area contributed by atoms with Gasteiger partial charge in [0.05, 0.1) is 17.3 Å². The van der Waals surface area contributed by atoms with Crippen molar-refractivity contribution in [3.05, 3.63) is 18.0 Å². The first kappa shape index (κ1) is 21.7. The molecule has 162 valence electrons. The highest BCUT2D eigenvalue weighted by Crippen LogP contribution is 2.28. The lowest BCUT2D eigenvalue weighted by atomic mass is 10.1. The third-order valence-electron chi connectivity index (χ3n) is 5.32. The van der Waals surface area contributed by atoms with Gasteiger partial charge in [-0.3, -0.25) is 9.78 Å². The van der Waals surface area contributed by atoms with E-state index in [0.717, 1.165) is 32.5 Å². The highest BCUT2D eigenvalue weighted by Gasteiger charge is 2.23. The third kappa shape index (κ3) is 4.43. The molecule has 0 saturated carbocycles. The van der Waals surface area contributed by atoms with Crippen molar-refractivity contribution in [1.29, 1.82) is 0 Å². The highest BCUT2D eigenvalue weighted by molar-refractivity contribution is 6.05. The normalized spacial score (nSPS) is 12.6. The number of nitrogens with one attached hydrogen (secondary N) is 1. The third-order valence-corrected chi connectivity index (χ3v) is 5.32. The van der Waals surface area contributed by atoms with Gasteiger partial charge in [0, 0.05) is 18.8 Å². The summed E-state index contributed by atoms with van der Waals surface area (Å²) in [6.07, 6.45) is 5.13. The lowest BCUT2D eigenvalue weighted by molar-refractivity contribution is 0.0938. The Kier molecular flexibility index (Phi) is 6.99. The molecule has 0 saturated heterocycles. The van der Waals surface area contributed by atoms with Gasteiger partial charge in [-0.2, -0.15) is 0 Å². The number of aryl methyl sites for hydroxylation is 1. The second-order valence-corrected chi connectivity index (χ2v) is 7.28. The van der Waals surface area contributed by atoms with Gasteiger partial charge in [0.15, 0.2) is 17.3 Å². The summed E-state index contributed by atoms with van der Waals surface area (Å²) in [6.45, 7) is 12.0. The maximum Gasteiger partial charge on any atom is 0.255 e. The lowest BCUT2D eigenvalue weighted by Crippen LogP contribution is -2.34. The maximum atomic E-state index is 13.0. The van der Waals surface area contributed by atoms with Gasteiger partial charge in [-0.05, 0) is 56.6 Å². The van der Waals surface area contributed by atoms with Crippen LogP contribution < -0.4 is 11.1 Å². The number of nitrogens with zero attached hydrogens (tertiary/aromatic N) is 6. The van der Waals surface area contributed by atoms with E-state index >= 15 is 0 Å². The molecule has 10 nitrogen and oxygen atoms in total. The van der Waals surface area contributed by atoms with Crippen molar-refractivity contribution in [1.82, 2.24) is 35.1 Å². The summed E-state index contributed by atoms with van der Waals surface area (Å²) in [5, 5.41) is 10.6. The number of hydrogen-bond acceptors (Lipinski definition) is 8. The van der Waals surface area contributed by atoms with E-state index in [9.17, 15) is 4.79 Å². The van der Waals surface area contributed by atoms with Crippen molar-refractivity contribution in [3.8, 4) is 11.5 Å². The second-order valence-electron chi connectivity index (χ2n) is 7.28. The van der Waals surface area contributed by atoms with E-state index in [1.165, 1.54) is 0 Å². The van der Waals surface area contributed by atoms with Crippen LogP contribution in [0.4, 0.5) is 5.82 Å². The Labute approximate surface area is 175 Å². The molecule has 3 N–H and O–H groups in total. The lowest BCUT2D eigenvalue weighted by Gasteiger charge is -2.20. The minimum Gasteiger partial charge on any atom is -0.379 e. The summed E-state index contributed by atoms with van der Waals surface area (Å²) in [4.78, 5) is 24.2. The Balaban J connectivity index is 1.81. The Morgan fingerprint density at radius 3 is 2.67 bits per heavy atom. The Morgan fingerprint density at radius 2 is 2.03 bits per heavy atom. The van der Waals surface area contributed by atoms with Crippen LogP contribution in [-0.2, 0) is 6.54 Å². The molecule has 10 heteroatoms. The van der Waals surface area contributed by atoms with E-state index in [-0.39, 0.29) is 17.8 Å². The Bertz CT molecular complexity index is 992. The molecule has 3 aromatic heterocycles. The molecule has 0 aliphatic heterocycles. The van der Waals surface area contributed by atoms with Crippen LogP contribution in [0.5, 0.6) is 0 Å². The number of anilines is 1. The summed E-state index contributed by atoms with van der Waals surface area (Å²) in [7, 11) is 0. The van der Waals surface area contributed by atoms with Gasteiger partial charge in [0.2, 0.25) is 0 Å². The fourth-order valence-electron chi connectivity index (χ4n) is 3.63. The molecule has 0 aliphatic carbocycles. The molecule has 0 aromatic carbocycles. The largest absolute Gasteiger partial charge is 0.379 e. The number of hydrogen-bond donors (Lipinski definition) is 2. The molecule has 0 bridgehead atoms. The number of carbonyl (C=O) groups is 1. The highest BCUT2D eigenvalue weighted by atomic mass is 16.6. The van der Waals surface area contributed by atoms with E-state index in [1.54, 1.807) is 12.4 Å². The predicted octanol–water partition coefficient (Wildman–Crippen LogP) is 2.32. The summed E-state index contributed by atoms with van der Waals surface area (Å²) >= 11 is 0. The number of carbonyl (C=O) groups excluding carboxylic acids is 1. The monoisotopic (exact) mass is 414 g/mol. The van der Waals surface area contributed by atoms with Gasteiger partial charge in [0.1, 0.15) is 5.52 Å². The van der Waals surface area contributed by atoms with Gasteiger partial charge in [-0.15, -0.1) is 0 Å². The van der Waals surface area contributed by atoms with Crippen molar-refractivity contribution >= 4 is 22.8 Å². The van der Waals surface area contributed by atoms with Crippen molar-refractivity contribution in [2.24, 2.45) is 0 Å². The smallest absolute Gasteiger partial charge is 0.255 e. The topological polar surface area (TPSA) is 128 Å². The molecular formula is C20H30N8O2. The van der Waals surface area contributed by atoms with Crippen molar-refractivity contribution in [3.63, 3.8) is 0 Å². The van der Waals surface area contributed by atoms with Crippen molar-refractivity contribution in [2.45, 2.75) is 53.1 Å². The molecule has 0 radical (unpaired) electrons. The van der Waals surface area contributed by atoms with Gasteiger partial charge in [0.25, 0.3) is 5.91 Å². The van der Waals surface area contributed by atoms with Gasteiger partial charge < -0.3 is 20.5 Å². The van der Waals surface area contributed by atoms with Gasteiger partial charge in [-0.25, -0.2) is 9.61 Å². The predicted molar refractivity (Wildman–Crippen MR) is 115 cm³/mol. The summed E-state index contributed by atoms with van der Waals surface area (Å²) in [6, 6.07) is 0.0520. The van der Waals surface area contributed by atoms with E-state index in [4.69, 9.17) is 10.4 Å². The van der Waals surface area contributed by atoms with Crippen molar-refractivity contribution < 1.29 is 9.42 Å². The van der Waals surface area contributed by atoms with Crippen LogP contribution in [0.3, 0.4) is 0 Å². The number of pyridine rings is 1. The average Bonchev–Trinajstić information content (AvgIpc) is 3.33. The quantitative estimate of drug-likeness (QED) is 0.517. The van der Waals surface area contributed by atoms with Gasteiger partial charge in [-0.1, -0.05) is 13.8 Å². The standard InChI is InChI=1S/C20H30N8O2/c1-5-27(6-2)10-8-9-13(4)23-20(29)14-11-22-12-15-17(14)28(7-3)19(24-15)16-18(21)26-30-25-16/h11-13H,5-10H2,1-4H3,(H2,21,26)(H,23,29). The number of imidazole rings is 1. The second kappa shape index (κ2) is 9.66. The van der Waals surface area contributed by atoms with Crippen LogP contribution in [-0.4, -0.2) is 61.3 Å². The van der Waals surface area contributed by atoms with Crippen LogP contribution in [0, 0.1) is 0 Å². The van der Waals surface area contributed by atoms with E-state index in [2.05, 4.69) is 44.3 Å². The fourth-order valence-corrected chi connectivity index (χ4v) is 3.63. The molecule has 0 fully saturated rings. The molecule has 3 rings (SSSR count). The number of rotatable bonds is 10. The number of nitrogens with two attached hydrogens (primary N) is 1. The first-order chi connectivity index (χ1) is 14.5. The minimum atomic E-state index is -0.171. The number of nitrogen functional groups attached to an aromatic ring is 1. The molecular weight excluding hydrogens is 384 g/mol. The van der Waals surface area contributed by atoms with E-state index < -0.39 is 0 Å². The van der Waals surface area contributed by atoms with Crippen LogP contribution in [0.1, 0.15) is 50.9 Å². The first-order valence-corrected chi connectivity index (χ1v) is 10.5. The SMILES string of the molecule is CCN(CC)CCCC(C)NC(=O)c1cncc2nc(-c3nonc3N)n(CC)c12. The Morgan fingerprint density at radius 1 is 1.27 bits per heavy atom. The van der Waals surface area contributed by atoms with Gasteiger partial charge >= 0.3 is 0 Å².